The van der Waals surface area contributed by atoms with Gasteiger partial charge in [0.15, 0.2) is 0 Å². The highest BCUT2D eigenvalue weighted by Crippen LogP contribution is 2.09. The quantitative estimate of drug-likeness (QED) is 0.751. The van der Waals surface area contributed by atoms with Gasteiger partial charge in [0.05, 0.1) is 12.2 Å². The zero-order valence-corrected chi connectivity index (χ0v) is 11.3. The van der Waals surface area contributed by atoms with Gasteiger partial charge in [0.2, 0.25) is 0 Å². The molecule has 1 N–H and O–H groups in total. The maximum Gasteiger partial charge on any atom is 0.0678 e. The molecule has 0 radical (unpaired) electrons. The summed E-state index contributed by atoms with van der Waals surface area (Å²) in [4.78, 5) is 2.51. The van der Waals surface area contributed by atoms with Crippen LogP contribution >= 0.6 is 0 Å². The van der Waals surface area contributed by atoms with Gasteiger partial charge in [-0.2, -0.15) is 0 Å². The molecule has 3 heteroatoms. The third kappa shape index (κ3) is 4.81. The van der Waals surface area contributed by atoms with E-state index in [1.807, 2.05) is 0 Å². The van der Waals surface area contributed by atoms with Gasteiger partial charge < -0.3 is 10.1 Å². The molecule has 0 saturated carbocycles. The first-order valence-electron chi connectivity index (χ1n) is 6.76. The zero-order chi connectivity index (χ0) is 12.0. The van der Waals surface area contributed by atoms with Crippen molar-refractivity contribution in [3.63, 3.8) is 0 Å². The van der Waals surface area contributed by atoms with E-state index >= 15 is 0 Å². The lowest BCUT2D eigenvalue weighted by atomic mass is 10.2. The van der Waals surface area contributed by atoms with Crippen molar-refractivity contribution >= 4 is 0 Å². The lowest BCUT2D eigenvalue weighted by Crippen LogP contribution is -2.48. The molecule has 1 aliphatic heterocycles. The highest BCUT2D eigenvalue weighted by molar-refractivity contribution is 4.74. The molecule has 96 valence electrons. The van der Waals surface area contributed by atoms with Gasteiger partial charge in [-0.3, -0.25) is 4.90 Å². The second-order valence-electron chi connectivity index (χ2n) is 4.98. The molecule has 1 fully saturated rings. The highest BCUT2D eigenvalue weighted by atomic mass is 16.5. The molecule has 0 amide bonds. The predicted molar refractivity (Wildman–Crippen MR) is 68.8 cm³/mol. The number of ether oxygens (including phenoxy) is 1. The fourth-order valence-electron chi connectivity index (χ4n) is 2.47. The maximum atomic E-state index is 5.72. The molecule has 0 bridgehead atoms. The monoisotopic (exact) mass is 228 g/mol. The van der Waals surface area contributed by atoms with Crippen molar-refractivity contribution in [3.8, 4) is 0 Å². The minimum atomic E-state index is 0.386. The third-order valence-corrected chi connectivity index (χ3v) is 3.34. The Morgan fingerprint density at radius 1 is 1.19 bits per heavy atom. The molecule has 1 rings (SSSR count). The van der Waals surface area contributed by atoms with Crippen molar-refractivity contribution in [2.45, 2.75) is 58.8 Å². The highest BCUT2D eigenvalue weighted by Gasteiger charge is 2.21. The number of morpholine rings is 1. The normalized spacial score (nSPS) is 27.6. The second kappa shape index (κ2) is 7.25. The molecule has 1 heterocycles. The van der Waals surface area contributed by atoms with E-state index in [-0.39, 0.29) is 0 Å². The van der Waals surface area contributed by atoms with E-state index in [2.05, 4.69) is 37.9 Å². The molecular weight excluding hydrogens is 200 g/mol. The van der Waals surface area contributed by atoms with Crippen LogP contribution in [0.3, 0.4) is 0 Å². The molecule has 1 aliphatic rings. The van der Waals surface area contributed by atoms with Crippen molar-refractivity contribution in [2.24, 2.45) is 0 Å². The van der Waals surface area contributed by atoms with Crippen LogP contribution in [0.5, 0.6) is 0 Å². The van der Waals surface area contributed by atoms with Crippen molar-refractivity contribution in [1.29, 1.82) is 0 Å². The van der Waals surface area contributed by atoms with Gasteiger partial charge in [0, 0.05) is 32.2 Å². The van der Waals surface area contributed by atoms with Gasteiger partial charge in [-0.15, -0.1) is 0 Å². The van der Waals surface area contributed by atoms with E-state index in [0.29, 0.717) is 18.2 Å². The van der Waals surface area contributed by atoms with E-state index in [4.69, 9.17) is 4.74 Å². The van der Waals surface area contributed by atoms with Crippen LogP contribution in [0.1, 0.15) is 40.5 Å². The Labute approximate surface area is 101 Å². The SMILES string of the molecule is CCC(CC)NCCN1CC(C)OC(C)C1. The minimum absolute atomic E-state index is 0.386. The average molecular weight is 228 g/mol. The topological polar surface area (TPSA) is 24.5 Å². The van der Waals surface area contributed by atoms with E-state index in [0.717, 1.165) is 26.2 Å². The van der Waals surface area contributed by atoms with Gasteiger partial charge in [-0.1, -0.05) is 13.8 Å². The van der Waals surface area contributed by atoms with Crippen LogP contribution in [0.15, 0.2) is 0 Å². The molecule has 16 heavy (non-hydrogen) atoms. The Morgan fingerprint density at radius 2 is 1.75 bits per heavy atom. The first-order chi connectivity index (χ1) is 7.65. The van der Waals surface area contributed by atoms with Gasteiger partial charge >= 0.3 is 0 Å². The Bertz CT molecular complexity index is 173. The fraction of sp³-hybridized carbons (Fsp3) is 1.00. The Balaban J connectivity index is 2.16. The minimum Gasteiger partial charge on any atom is -0.373 e. The standard InChI is InChI=1S/C13H28N2O/c1-5-13(6-2)14-7-8-15-9-11(3)16-12(4)10-15/h11-14H,5-10H2,1-4H3. The number of hydrogen-bond acceptors (Lipinski definition) is 3. The van der Waals surface area contributed by atoms with Crippen LogP contribution in [0.25, 0.3) is 0 Å². The molecule has 0 aromatic carbocycles. The summed E-state index contributed by atoms with van der Waals surface area (Å²) >= 11 is 0. The van der Waals surface area contributed by atoms with Crippen LogP contribution in [0, 0.1) is 0 Å². The molecule has 0 spiro atoms. The number of nitrogens with one attached hydrogen (secondary N) is 1. The molecular formula is C13H28N2O. The van der Waals surface area contributed by atoms with Crippen LogP contribution in [-0.2, 0) is 4.74 Å². The molecule has 2 unspecified atom stereocenters. The number of rotatable bonds is 6. The molecule has 0 aromatic heterocycles. The van der Waals surface area contributed by atoms with Crippen LogP contribution in [-0.4, -0.2) is 49.3 Å². The van der Waals surface area contributed by atoms with Crippen LogP contribution < -0.4 is 5.32 Å². The van der Waals surface area contributed by atoms with Crippen molar-refractivity contribution < 1.29 is 4.74 Å². The van der Waals surface area contributed by atoms with E-state index in [9.17, 15) is 0 Å². The molecule has 0 aromatic rings. The second-order valence-corrected chi connectivity index (χ2v) is 4.98. The zero-order valence-electron chi connectivity index (χ0n) is 11.3. The summed E-state index contributed by atoms with van der Waals surface area (Å²) < 4.78 is 5.72. The fourth-order valence-corrected chi connectivity index (χ4v) is 2.47. The van der Waals surface area contributed by atoms with Crippen LogP contribution in [0.4, 0.5) is 0 Å². The predicted octanol–water partition coefficient (Wildman–Crippen LogP) is 1.87. The van der Waals surface area contributed by atoms with Crippen molar-refractivity contribution in [2.75, 3.05) is 26.2 Å². The smallest absolute Gasteiger partial charge is 0.0678 e. The Morgan fingerprint density at radius 3 is 2.25 bits per heavy atom. The first-order valence-corrected chi connectivity index (χ1v) is 6.76. The lowest BCUT2D eigenvalue weighted by molar-refractivity contribution is -0.0675. The summed E-state index contributed by atoms with van der Waals surface area (Å²) in [6.45, 7) is 13.2. The van der Waals surface area contributed by atoms with Gasteiger partial charge in [0.1, 0.15) is 0 Å². The average Bonchev–Trinajstić information content (AvgIpc) is 2.23. The molecule has 1 saturated heterocycles. The summed E-state index contributed by atoms with van der Waals surface area (Å²) in [6, 6.07) is 0.691. The third-order valence-electron chi connectivity index (χ3n) is 3.34. The number of nitrogens with zero attached hydrogens (tertiary/aromatic N) is 1. The summed E-state index contributed by atoms with van der Waals surface area (Å²) in [6.07, 6.45) is 3.23. The molecule has 3 nitrogen and oxygen atoms in total. The summed E-state index contributed by atoms with van der Waals surface area (Å²) in [7, 11) is 0. The maximum absolute atomic E-state index is 5.72. The number of hydrogen-bond donors (Lipinski definition) is 1. The summed E-state index contributed by atoms with van der Waals surface area (Å²) in [5.41, 5.74) is 0. The molecule has 2 atom stereocenters. The van der Waals surface area contributed by atoms with E-state index < -0.39 is 0 Å². The summed E-state index contributed by atoms with van der Waals surface area (Å²) in [5, 5.41) is 3.61. The Hall–Kier alpha value is -0.120. The largest absolute Gasteiger partial charge is 0.373 e. The molecule has 0 aliphatic carbocycles. The van der Waals surface area contributed by atoms with E-state index in [1.54, 1.807) is 0 Å². The van der Waals surface area contributed by atoms with Gasteiger partial charge in [-0.05, 0) is 26.7 Å². The van der Waals surface area contributed by atoms with E-state index in [1.165, 1.54) is 12.8 Å². The Kier molecular flexibility index (Phi) is 6.32. The van der Waals surface area contributed by atoms with Crippen molar-refractivity contribution in [3.05, 3.63) is 0 Å². The van der Waals surface area contributed by atoms with Gasteiger partial charge in [0.25, 0.3) is 0 Å². The summed E-state index contributed by atoms with van der Waals surface area (Å²) in [5.74, 6) is 0. The lowest BCUT2D eigenvalue weighted by Gasteiger charge is -2.35. The van der Waals surface area contributed by atoms with Crippen LogP contribution in [0.2, 0.25) is 0 Å². The van der Waals surface area contributed by atoms with Crippen molar-refractivity contribution in [1.82, 2.24) is 10.2 Å². The van der Waals surface area contributed by atoms with Gasteiger partial charge in [-0.25, -0.2) is 0 Å². The first kappa shape index (κ1) is 13.9.